The van der Waals surface area contributed by atoms with Crippen LogP contribution >= 0.6 is 39.0 Å². The lowest BCUT2D eigenvalue weighted by atomic mass is 10.2. The number of carbonyl (C=O) groups is 2. The molecule has 0 aliphatic carbocycles. The van der Waals surface area contributed by atoms with Gasteiger partial charge in [0.2, 0.25) is 16.9 Å². The van der Waals surface area contributed by atoms with Gasteiger partial charge in [-0.3, -0.25) is 14.9 Å². The predicted molar refractivity (Wildman–Crippen MR) is 71.5 cm³/mol. The molecule has 0 bridgehead atoms. The third-order valence-electron chi connectivity index (χ3n) is 1.50. The number of primary amides is 1. The fraction of sp³-hybridized carbons (Fsp3) is 0.500. The molecule has 0 unspecified atom stereocenters. The normalized spacial score (nSPS) is 11.2. The number of hydrogen-bond donors (Lipinski definition) is 2. The molecule has 17 heavy (non-hydrogen) atoms. The summed E-state index contributed by atoms with van der Waals surface area (Å²) in [6.07, 6.45) is 0. The first-order valence-corrected chi connectivity index (χ1v) is 7.13. The molecule has 94 valence electrons. The second-order valence-electron chi connectivity index (χ2n) is 3.55. The minimum absolute atomic E-state index is 0.145. The van der Waals surface area contributed by atoms with Crippen LogP contribution in [0.4, 0.5) is 5.13 Å². The zero-order chi connectivity index (χ0) is 13.1. The highest BCUT2D eigenvalue weighted by Gasteiger charge is 2.24. The van der Waals surface area contributed by atoms with Crippen LogP contribution in [0.25, 0.3) is 0 Å². The van der Waals surface area contributed by atoms with Crippen LogP contribution in [0.3, 0.4) is 0 Å². The van der Waals surface area contributed by atoms with E-state index in [9.17, 15) is 9.59 Å². The van der Waals surface area contributed by atoms with Gasteiger partial charge < -0.3 is 5.73 Å². The summed E-state index contributed by atoms with van der Waals surface area (Å²) >= 11 is 5.63. The average molecular weight is 339 g/mol. The standard InChI is InChI=1S/C8H11BrN4O2S2/c1-8(2,9)5(15)11-6-12-13-7(17-6)16-3-4(10)14/h3H2,1-2H3,(H2,10,14)(H,11,12,15). The summed E-state index contributed by atoms with van der Waals surface area (Å²) in [5, 5.41) is 10.6. The summed E-state index contributed by atoms with van der Waals surface area (Å²) in [5.74, 6) is -0.482. The molecule has 0 aliphatic heterocycles. The summed E-state index contributed by atoms with van der Waals surface area (Å²) in [5.41, 5.74) is 5.01. The van der Waals surface area contributed by atoms with Crippen LogP contribution in [0.5, 0.6) is 0 Å². The maximum Gasteiger partial charge on any atom is 0.242 e. The zero-order valence-corrected chi connectivity index (χ0v) is 12.4. The maximum absolute atomic E-state index is 11.6. The van der Waals surface area contributed by atoms with Gasteiger partial charge in [-0.15, -0.1) is 10.2 Å². The van der Waals surface area contributed by atoms with E-state index in [0.29, 0.717) is 9.47 Å². The van der Waals surface area contributed by atoms with Crippen LogP contribution < -0.4 is 11.1 Å². The first-order chi connectivity index (χ1) is 7.79. The molecule has 0 spiro atoms. The molecule has 2 amide bonds. The number of hydrogen-bond acceptors (Lipinski definition) is 6. The molecule has 0 radical (unpaired) electrons. The highest BCUT2D eigenvalue weighted by Crippen LogP contribution is 2.26. The Balaban J connectivity index is 2.57. The molecule has 0 atom stereocenters. The van der Waals surface area contributed by atoms with Crippen molar-refractivity contribution in [2.45, 2.75) is 22.5 Å². The van der Waals surface area contributed by atoms with Crippen molar-refractivity contribution in [3.63, 3.8) is 0 Å². The molecular formula is C8H11BrN4O2S2. The summed E-state index contributed by atoms with van der Waals surface area (Å²) in [6, 6.07) is 0. The number of rotatable bonds is 5. The highest BCUT2D eigenvalue weighted by molar-refractivity contribution is 9.10. The van der Waals surface area contributed by atoms with Gasteiger partial charge in [-0.05, 0) is 13.8 Å². The maximum atomic E-state index is 11.6. The smallest absolute Gasteiger partial charge is 0.242 e. The number of nitrogens with two attached hydrogens (primary N) is 1. The Morgan fingerprint density at radius 3 is 2.71 bits per heavy atom. The first-order valence-electron chi connectivity index (χ1n) is 4.54. The molecule has 1 heterocycles. The van der Waals surface area contributed by atoms with Gasteiger partial charge in [0.15, 0.2) is 4.34 Å². The average Bonchev–Trinajstić information content (AvgIpc) is 2.61. The molecule has 0 saturated carbocycles. The van der Waals surface area contributed by atoms with Gasteiger partial charge in [0.1, 0.15) is 0 Å². The molecule has 9 heteroatoms. The number of carbonyl (C=O) groups excluding carboxylic acids is 2. The second-order valence-corrected chi connectivity index (χ2v) is 7.74. The van der Waals surface area contributed by atoms with Crippen LogP contribution in [0.1, 0.15) is 13.8 Å². The summed E-state index contributed by atoms with van der Waals surface area (Å²) in [6.45, 7) is 3.46. The molecule has 0 aliphatic rings. The minimum Gasteiger partial charge on any atom is -0.369 e. The van der Waals surface area contributed by atoms with Crippen molar-refractivity contribution in [1.82, 2.24) is 10.2 Å². The molecule has 6 nitrogen and oxygen atoms in total. The van der Waals surface area contributed by atoms with Crippen molar-refractivity contribution in [3.05, 3.63) is 0 Å². The summed E-state index contributed by atoms with van der Waals surface area (Å²) in [7, 11) is 0. The lowest BCUT2D eigenvalue weighted by Crippen LogP contribution is -2.30. The van der Waals surface area contributed by atoms with Crippen molar-refractivity contribution in [1.29, 1.82) is 0 Å². The fourth-order valence-corrected chi connectivity index (χ4v) is 2.28. The van der Waals surface area contributed by atoms with Gasteiger partial charge in [-0.2, -0.15) is 0 Å². The number of alkyl halides is 1. The lowest BCUT2D eigenvalue weighted by Gasteiger charge is -2.13. The summed E-state index contributed by atoms with van der Waals surface area (Å²) < 4.78 is -0.0781. The number of nitrogens with zero attached hydrogens (tertiary/aromatic N) is 2. The lowest BCUT2D eigenvalue weighted by molar-refractivity contribution is -0.117. The van der Waals surface area contributed by atoms with Crippen molar-refractivity contribution in [2.75, 3.05) is 11.1 Å². The topological polar surface area (TPSA) is 98.0 Å². The Hall–Kier alpha value is -0.670. The van der Waals surface area contributed by atoms with E-state index >= 15 is 0 Å². The van der Waals surface area contributed by atoms with Gasteiger partial charge in [0.05, 0.1) is 10.1 Å². The number of anilines is 1. The van der Waals surface area contributed by atoms with Gasteiger partial charge in [0.25, 0.3) is 0 Å². The van der Waals surface area contributed by atoms with E-state index in [-0.39, 0.29) is 11.7 Å². The Morgan fingerprint density at radius 1 is 1.53 bits per heavy atom. The third-order valence-corrected chi connectivity index (χ3v) is 3.86. The number of amides is 2. The van der Waals surface area contributed by atoms with Crippen molar-refractivity contribution < 1.29 is 9.59 Å². The number of thioether (sulfide) groups is 1. The van der Waals surface area contributed by atoms with E-state index in [0.717, 1.165) is 0 Å². The van der Waals surface area contributed by atoms with E-state index in [4.69, 9.17) is 5.73 Å². The van der Waals surface area contributed by atoms with Crippen LogP contribution in [0, 0.1) is 0 Å². The minimum atomic E-state index is -0.667. The van der Waals surface area contributed by atoms with Gasteiger partial charge >= 0.3 is 0 Å². The van der Waals surface area contributed by atoms with Crippen LogP contribution in [-0.4, -0.2) is 32.1 Å². The third kappa shape index (κ3) is 5.00. The van der Waals surface area contributed by atoms with E-state index in [1.807, 2.05) is 0 Å². The highest BCUT2D eigenvalue weighted by atomic mass is 79.9. The SMILES string of the molecule is CC(C)(Br)C(=O)Nc1nnc(SCC(N)=O)s1. The molecule has 3 N–H and O–H groups in total. The van der Waals surface area contributed by atoms with E-state index in [2.05, 4.69) is 31.4 Å². The molecule has 0 fully saturated rings. The second kappa shape index (κ2) is 5.78. The van der Waals surface area contributed by atoms with Gasteiger partial charge in [-0.1, -0.05) is 39.0 Å². The van der Waals surface area contributed by atoms with E-state index < -0.39 is 10.2 Å². The van der Waals surface area contributed by atoms with E-state index in [1.54, 1.807) is 13.8 Å². The van der Waals surface area contributed by atoms with Crippen LogP contribution in [0.2, 0.25) is 0 Å². The molecule has 0 saturated heterocycles. The molecular weight excluding hydrogens is 328 g/mol. The van der Waals surface area contributed by atoms with Gasteiger partial charge in [-0.25, -0.2) is 0 Å². The summed E-state index contributed by atoms with van der Waals surface area (Å²) in [4.78, 5) is 22.2. The molecule has 0 aromatic carbocycles. The Bertz CT molecular complexity index is 429. The Kier molecular flexibility index (Phi) is 4.90. The Morgan fingerprint density at radius 2 is 2.18 bits per heavy atom. The van der Waals surface area contributed by atoms with Crippen LogP contribution in [0.15, 0.2) is 4.34 Å². The number of aromatic nitrogens is 2. The first kappa shape index (κ1) is 14.4. The number of nitrogens with one attached hydrogen (secondary N) is 1. The van der Waals surface area contributed by atoms with Crippen molar-refractivity contribution in [2.24, 2.45) is 5.73 Å². The van der Waals surface area contributed by atoms with Crippen molar-refractivity contribution in [3.8, 4) is 0 Å². The number of halogens is 1. The molecule has 1 rings (SSSR count). The fourth-order valence-electron chi connectivity index (χ4n) is 0.697. The largest absolute Gasteiger partial charge is 0.369 e. The Labute approximate surface area is 115 Å². The predicted octanol–water partition coefficient (Wildman–Crippen LogP) is 1.23. The monoisotopic (exact) mass is 338 g/mol. The van der Waals surface area contributed by atoms with Gasteiger partial charge in [0, 0.05) is 0 Å². The van der Waals surface area contributed by atoms with E-state index in [1.165, 1.54) is 23.1 Å². The van der Waals surface area contributed by atoms with Crippen molar-refractivity contribution >= 4 is 56.0 Å². The quantitative estimate of drug-likeness (QED) is 0.478. The molecule has 1 aromatic heterocycles. The molecule has 1 aromatic rings. The van der Waals surface area contributed by atoms with Crippen LogP contribution in [-0.2, 0) is 9.59 Å². The zero-order valence-electron chi connectivity index (χ0n) is 9.19.